The number of hydrogen-bond acceptors (Lipinski definition) is 3. The molecule has 1 aromatic rings. The number of carbonyl (C=O) groups excluding carboxylic acids is 1. The highest BCUT2D eigenvalue weighted by Crippen LogP contribution is 2.44. The molecule has 0 N–H and O–H groups in total. The van der Waals surface area contributed by atoms with E-state index in [4.69, 9.17) is 10.00 Å². The van der Waals surface area contributed by atoms with Crippen molar-refractivity contribution in [3.63, 3.8) is 0 Å². The van der Waals surface area contributed by atoms with Gasteiger partial charge < -0.3 is 9.64 Å². The molecule has 1 amide bonds. The Labute approximate surface area is 145 Å². The molecule has 1 aliphatic heterocycles. The zero-order valence-electron chi connectivity index (χ0n) is 15.0. The number of nitriles is 1. The van der Waals surface area contributed by atoms with Gasteiger partial charge in [0.25, 0.3) is 0 Å². The van der Waals surface area contributed by atoms with Gasteiger partial charge >= 0.3 is 0 Å². The number of nitrogens with zero attached hydrogens (tertiary/aromatic N) is 2. The third-order valence-electron chi connectivity index (χ3n) is 4.86. The number of carbonyl (C=O) groups is 1. The Morgan fingerprint density at radius 3 is 2.67 bits per heavy atom. The average molecular weight is 328 g/mol. The molecule has 4 nitrogen and oxygen atoms in total. The summed E-state index contributed by atoms with van der Waals surface area (Å²) in [7, 11) is 1.79. The van der Waals surface area contributed by atoms with Crippen LogP contribution < -0.4 is 0 Å². The summed E-state index contributed by atoms with van der Waals surface area (Å²) in [5.41, 5.74) is 0.974. The first-order valence-corrected chi connectivity index (χ1v) is 8.65. The van der Waals surface area contributed by atoms with E-state index in [-0.39, 0.29) is 16.9 Å². The average Bonchev–Trinajstić information content (AvgIpc) is 2.52. The van der Waals surface area contributed by atoms with E-state index in [0.717, 1.165) is 19.3 Å². The molecule has 2 rings (SSSR count). The van der Waals surface area contributed by atoms with E-state index in [1.54, 1.807) is 11.9 Å². The number of amides is 1. The molecular formula is C20H28N2O2. The van der Waals surface area contributed by atoms with Crippen LogP contribution in [0.3, 0.4) is 0 Å². The fourth-order valence-corrected chi connectivity index (χ4v) is 3.78. The molecule has 1 atom stereocenters. The van der Waals surface area contributed by atoms with Gasteiger partial charge in [-0.05, 0) is 44.1 Å². The van der Waals surface area contributed by atoms with Crippen molar-refractivity contribution >= 4 is 5.91 Å². The van der Waals surface area contributed by atoms with E-state index in [1.807, 2.05) is 18.2 Å². The fraction of sp³-hybridized carbons (Fsp3) is 0.600. The van der Waals surface area contributed by atoms with Crippen LogP contribution >= 0.6 is 0 Å². The van der Waals surface area contributed by atoms with Crippen LogP contribution in [0.25, 0.3) is 0 Å². The number of benzene rings is 1. The zero-order chi connectivity index (χ0) is 17.6. The van der Waals surface area contributed by atoms with Gasteiger partial charge in [-0.15, -0.1) is 0 Å². The van der Waals surface area contributed by atoms with Gasteiger partial charge in [-0.3, -0.25) is 4.79 Å². The zero-order valence-corrected chi connectivity index (χ0v) is 15.0. The highest BCUT2D eigenvalue weighted by atomic mass is 16.5. The van der Waals surface area contributed by atoms with E-state index in [1.165, 1.54) is 5.56 Å². The Balaban J connectivity index is 2.17. The summed E-state index contributed by atoms with van der Waals surface area (Å²) >= 11 is 0. The Morgan fingerprint density at radius 1 is 1.33 bits per heavy atom. The second-order valence-electron chi connectivity index (χ2n) is 7.60. The van der Waals surface area contributed by atoms with Crippen LogP contribution in [-0.4, -0.2) is 36.6 Å². The molecule has 0 aliphatic carbocycles. The second kappa shape index (κ2) is 7.81. The van der Waals surface area contributed by atoms with Gasteiger partial charge in [-0.1, -0.05) is 30.3 Å². The molecule has 0 unspecified atom stereocenters. The molecule has 24 heavy (non-hydrogen) atoms. The fourth-order valence-electron chi connectivity index (χ4n) is 3.78. The van der Waals surface area contributed by atoms with Gasteiger partial charge in [0.15, 0.2) is 0 Å². The monoisotopic (exact) mass is 328 g/mol. The maximum atomic E-state index is 12.7. The Morgan fingerprint density at radius 2 is 2.04 bits per heavy atom. The summed E-state index contributed by atoms with van der Waals surface area (Å²) in [6, 6.07) is 12.5. The lowest BCUT2D eigenvalue weighted by atomic mass is 9.68. The van der Waals surface area contributed by atoms with Gasteiger partial charge in [0.05, 0.1) is 18.1 Å². The Kier molecular flexibility index (Phi) is 6.01. The van der Waals surface area contributed by atoms with Gasteiger partial charge in [-0.25, -0.2) is 0 Å². The molecule has 1 fully saturated rings. The molecule has 0 saturated carbocycles. The molecule has 4 heteroatoms. The van der Waals surface area contributed by atoms with E-state index in [2.05, 4.69) is 32.0 Å². The molecular weight excluding hydrogens is 300 g/mol. The quantitative estimate of drug-likeness (QED) is 0.802. The van der Waals surface area contributed by atoms with Gasteiger partial charge in [-0.2, -0.15) is 5.26 Å². The van der Waals surface area contributed by atoms with Crippen LogP contribution in [0.1, 0.15) is 45.1 Å². The smallest absolute Gasteiger partial charge is 0.222 e. The molecule has 1 aromatic carbocycles. The van der Waals surface area contributed by atoms with E-state index in [0.29, 0.717) is 26.0 Å². The van der Waals surface area contributed by atoms with Crippen LogP contribution in [0.15, 0.2) is 30.3 Å². The summed E-state index contributed by atoms with van der Waals surface area (Å²) in [5, 5.41) is 8.73. The summed E-state index contributed by atoms with van der Waals surface area (Å²) < 4.78 is 5.90. The van der Waals surface area contributed by atoms with Crippen LogP contribution in [0, 0.1) is 16.7 Å². The van der Waals surface area contributed by atoms with Gasteiger partial charge in [0, 0.05) is 26.6 Å². The predicted molar refractivity (Wildman–Crippen MR) is 94.3 cm³/mol. The molecule has 0 spiro atoms. The maximum Gasteiger partial charge on any atom is 0.222 e. The lowest BCUT2D eigenvalue weighted by molar-refractivity contribution is -0.140. The first-order valence-electron chi connectivity index (χ1n) is 8.65. The predicted octanol–water partition coefficient (Wildman–Crippen LogP) is 3.57. The SMILES string of the molecule is CN(CCC#N)C(=O)C[C@@]1(Cc2ccccc2)CCOC(C)(C)C1. The minimum Gasteiger partial charge on any atom is -0.376 e. The Bertz CT molecular complexity index is 591. The standard InChI is InChI=1S/C20H28N2O2/c1-19(2)16-20(10-13-24-19,14-17-8-5-4-6-9-17)15-18(23)22(3)12-7-11-21/h4-6,8-9H,7,10,12-16H2,1-3H3/t20-/m0/s1. The summed E-state index contributed by atoms with van der Waals surface area (Å²) in [6.45, 7) is 5.40. The molecule has 0 radical (unpaired) electrons. The van der Waals surface area contributed by atoms with Crippen molar-refractivity contribution in [2.75, 3.05) is 20.2 Å². The minimum absolute atomic E-state index is 0.0823. The third kappa shape index (κ3) is 5.07. The highest BCUT2D eigenvalue weighted by molar-refractivity contribution is 5.76. The number of rotatable bonds is 6. The van der Waals surface area contributed by atoms with Crippen LogP contribution in [0.5, 0.6) is 0 Å². The van der Waals surface area contributed by atoms with Crippen molar-refractivity contribution in [3.8, 4) is 6.07 Å². The van der Waals surface area contributed by atoms with Crippen molar-refractivity contribution in [2.45, 2.75) is 51.6 Å². The molecule has 0 bridgehead atoms. The molecule has 0 aromatic heterocycles. The largest absolute Gasteiger partial charge is 0.376 e. The molecule has 1 aliphatic rings. The Hall–Kier alpha value is -1.86. The molecule has 1 heterocycles. The van der Waals surface area contributed by atoms with Crippen LogP contribution in [0.4, 0.5) is 0 Å². The summed E-state index contributed by atoms with van der Waals surface area (Å²) in [6.07, 6.45) is 3.54. The van der Waals surface area contributed by atoms with E-state index in [9.17, 15) is 4.79 Å². The molecule has 1 saturated heterocycles. The number of hydrogen-bond donors (Lipinski definition) is 0. The first kappa shape index (κ1) is 18.5. The van der Waals surface area contributed by atoms with Gasteiger partial charge in [0.1, 0.15) is 0 Å². The minimum atomic E-state index is -0.210. The summed E-state index contributed by atoms with van der Waals surface area (Å²) in [4.78, 5) is 14.4. The lowest BCUT2D eigenvalue weighted by Gasteiger charge is -2.45. The summed E-state index contributed by atoms with van der Waals surface area (Å²) in [5.74, 6) is 0.124. The normalized spacial score (nSPS) is 22.6. The molecule has 130 valence electrons. The van der Waals surface area contributed by atoms with Crippen LogP contribution in [-0.2, 0) is 16.0 Å². The first-order chi connectivity index (χ1) is 11.4. The second-order valence-corrected chi connectivity index (χ2v) is 7.60. The van der Waals surface area contributed by atoms with E-state index < -0.39 is 0 Å². The van der Waals surface area contributed by atoms with Crippen molar-refractivity contribution < 1.29 is 9.53 Å². The highest BCUT2D eigenvalue weighted by Gasteiger charge is 2.42. The maximum absolute atomic E-state index is 12.7. The van der Waals surface area contributed by atoms with Crippen molar-refractivity contribution in [1.82, 2.24) is 4.90 Å². The number of ether oxygens (including phenoxy) is 1. The van der Waals surface area contributed by atoms with Crippen LogP contribution in [0.2, 0.25) is 0 Å². The van der Waals surface area contributed by atoms with E-state index >= 15 is 0 Å². The van der Waals surface area contributed by atoms with Crippen molar-refractivity contribution in [3.05, 3.63) is 35.9 Å². The van der Waals surface area contributed by atoms with Gasteiger partial charge in [0.2, 0.25) is 5.91 Å². The topological polar surface area (TPSA) is 53.3 Å². The lowest BCUT2D eigenvalue weighted by Crippen LogP contribution is -2.45. The van der Waals surface area contributed by atoms with Crippen molar-refractivity contribution in [2.24, 2.45) is 5.41 Å². The third-order valence-corrected chi connectivity index (χ3v) is 4.86. The van der Waals surface area contributed by atoms with Crippen molar-refractivity contribution in [1.29, 1.82) is 5.26 Å².